The summed E-state index contributed by atoms with van der Waals surface area (Å²) in [7, 11) is 0. The summed E-state index contributed by atoms with van der Waals surface area (Å²) < 4.78 is 5.58. The monoisotopic (exact) mass is 428 g/mol. The van der Waals surface area contributed by atoms with E-state index in [1.165, 1.54) is 51.4 Å². The Kier molecular flexibility index (Phi) is 6.95. The number of hydrogen-bond acceptors (Lipinski definition) is 2. The first-order valence-corrected chi connectivity index (χ1v) is 13.6. The second-order valence-corrected chi connectivity index (χ2v) is 12.6. The predicted molar refractivity (Wildman–Crippen MR) is 129 cm³/mol. The standard InChI is InChI=1S/C29H48O2/c1-18(2)19(3)7-8-20(4)27-13-14-28-26-11-9-22-17-23(31-21(5)30)10-12-24(22)25(26)15-16-29(27,28)6/h9,18-20,23-28H,7-8,10-17H2,1-6H3/t19-,20-,23+,24+,25-,26+,27-,28+,29-/m1/s1. The van der Waals surface area contributed by atoms with Gasteiger partial charge < -0.3 is 4.74 Å². The minimum Gasteiger partial charge on any atom is -0.462 e. The molecule has 3 fully saturated rings. The highest BCUT2D eigenvalue weighted by molar-refractivity contribution is 5.66. The van der Waals surface area contributed by atoms with Gasteiger partial charge in [-0.15, -0.1) is 0 Å². The summed E-state index contributed by atoms with van der Waals surface area (Å²) in [6, 6.07) is 0. The molecule has 31 heavy (non-hydrogen) atoms. The number of rotatable bonds is 6. The average molecular weight is 429 g/mol. The quantitative estimate of drug-likeness (QED) is 0.318. The van der Waals surface area contributed by atoms with Crippen LogP contribution in [-0.2, 0) is 9.53 Å². The maximum atomic E-state index is 11.4. The number of hydrogen-bond donors (Lipinski definition) is 0. The Labute approximate surface area is 192 Å². The molecular weight excluding hydrogens is 380 g/mol. The van der Waals surface area contributed by atoms with Crippen LogP contribution >= 0.6 is 0 Å². The van der Waals surface area contributed by atoms with Gasteiger partial charge in [-0.05, 0) is 97.7 Å². The zero-order valence-corrected chi connectivity index (χ0v) is 21.2. The number of allylic oxidation sites excluding steroid dienone is 1. The lowest BCUT2D eigenvalue weighted by molar-refractivity contribution is -0.147. The van der Waals surface area contributed by atoms with Crippen LogP contribution in [0.5, 0.6) is 0 Å². The van der Waals surface area contributed by atoms with Crippen LogP contribution in [0.4, 0.5) is 0 Å². The van der Waals surface area contributed by atoms with Gasteiger partial charge in [-0.3, -0.25) is 4.79 Å². The smallest absolute Gasteiger partial charge is 0.302 e. The first-order chi connectivity index (χ1) is 14.7. The third kappa shape index (κ3) is 4.51. The van der Waals surface area contributed by atoms with Gasteiger partial charge in [-0.2, -0.15) is 0 Å². The summed E-state index contributed by atoms with van der Waals surface area (Å²) >= 11 is 0. The van der Waals surface area contributed by atoms with Crippen LogP contribution in [0.15, 0.2) is 11.6 Å². The van der Waals surface area contributed by atoms with Crippen LogP contribution in [-0.4, -0.2) is 12.1 Å². The molecule has 4 aliphatic rings. The molecule has 0 aromatic rings. The molecule has 2 nitrogen and oxygen atoms in total. The second-order valence-electron chi connectivity index (χ2n) is 12.6. The third-order valence-electron chi connectivity index (χ3n) is 10.7. The van der Waals surface area contributed by atoms with E-state index in [2.05, 4.69) is 40.7 Å². The summed E-state index contributed by atoms with van der Waals surface area (Å²) in [5, 5.41) is 0. The number of esters is 1. The van der Waals surface area contributed by atoms with Gasteiger partial charge in [0.25, 0.3) is 0 Å². The van der Waals surface area contributed by atoms with E-state index < -0.39 is 0 Å². The van der Waals surface area contributed by atoms with Crippen molar-refractivity contribution in [3.05, 3.63) is 11.6 Å². The molecular formula is C29H48O2. The fourth-order valence-electron chi connectivity index (χ4n) is 8.60. The van der Waals surface area contributed by atoms with Gasteiger partial charge in [-0.1, -0.05) is 59.1 Å². The van der Waals surface area contributed by atoms with Gasteiger partial charge in [-0.25, -0.2) is 0 Å². The van der Waals surface area contributed by atoms with E-state index in [4.69, 9.17) is 4.74 Å². The van der Waals surface area contributed by atoms with Crippen molar-refractivity contribution < 1.29 is 9.53 Å². The molecule has 0 amide bonds. The molecule has 9 atom stereocenters. The third-order valence-corrected chi connectivity index (χ3v) is 10.7. The first-order valence-electron chi connectivity index (χ1n) is 13.6. The summed E-state index contributed by atoms with van der Waals surface area (Å²) in [5.41, 5.74) is 2.20. The van der Waals surface area contributed by atoms with Crippen LogP contribution in [0, 0.1) is 52.8 Å². The lowest BCUT2D eigenvalue weighted by atomic mass is 9.51. The molecule has 0 aromatic carbocycles. The molecule has 0 saturated heterocycles. The highest BCUT2D eigenvalue weighted by atomic mass is 16.5. The van der Waals surface area contributed by atoms with Crippen LogP contribution < -0.4 is 0 Å². The molecule has 0 aromatic heterocycles. The molecule has 4 rings (SSSR count). The lowest BCUT2D eigenvalue weighted by Gasteiger charge is -2.54. The molecule has 0 aliphatic heterocycles. The average Bonchev–Trinajstić information content (AvgIpc) is 3.08. The van der Waals surface area contributed by atoms with Crippen molar-refractivity contribution in [1.82, 2.24) is 0 Å². The fraction of sp³-hybridized carbons (Fsp3) is 0.897. The number of fused-ring (bicyclic) bond motifs is 5. The molecule has 0 heterocycles. The van der Waals surface area contributed by atoms with E-state index in [-0.39, 0.29) is 12.1 Å². The molecule has 4 aliphatic carbocycles. The van der Waals surface area contributed by atoms with Crippen LogP contribution in [0.2, 0.25) is 0 Å². The van der Waals surface area contributed by atoms with E-state index in [1.54, 1.807) is 12.5 Å². The summed E-state index contributed by atoms with van der Waals surface area (Å²) in [6.45, 7) is 14.0. The van der Waals surface area contributed by atoms with Gasteiger partial charge >= 0.3 is 5.97 Å². The van der Waals surface area contributed by atoms with Crippen LogP contribution in [0.3, 0.4) is 0 Å². The van der Waals surface area contributed by atoms with Crippen molar-refractivity contribution in [3.63, 3.8) is 0 Å². The maximum absolute atomic E-state index is 11.4. The highest BCUT2D eigenvalue weighted by Crippen LogP contribution is 2.64. The van der Waals surface area contributed by atoms with Crippen molar-refractivity contribution in [2.75, 3.05) is 0 Å². The topological polar surface area (TPSA) is 26.3 Å². The van der Waals surface area contributed by atoms with Gasteiger partial charge in [0, 0.05) is 13.3 Å². The van der Waals surface area contributed by atoms with Crippen molar-refractivity contribution in [1.29, 1.82) is 0 Å². The maximum Gasteiger partial charge on any atom is 0.302 e. The van der Waals surface area contributed by atoms with Crippen LogP contribution in [0.1, 0.15) is 106 Å². The summed E-state index contributed by atoms with van der Waals surface area (Å²) in [4.78, 5) is 11.4. The van der Waals surface area contributed by atoms with Gasteiger partial charge in [0.2, 0.25) is 0 Å². The van der Waals surface area contributed by atoms with Gasteiger partial charge in [0.15, 0.2) is 0 Å². The summed E-state index contributed by atoms with van der Waals surface area (Å²) in [6.07, 6.45) is 16.0. The highest BCUT2D eigenvalue weighted by Gasteiger charge is 2.56. The van der Waals surface area contributed by atoms with Crippen LogP contribution in [0.25, 0.3) is 0 Å². The SMILES string of the molecule is CC(=O)O[C@H]1CC[C@H]2C(=CC[C@H]3[C@@H]2CC[C@]2(C)[C@@H]([C@H](C)CC[C@@H](C)C(C)C)CC[C@@H]32)C1. The molecule has 0 unspecified atom stereocenters. The number of carbonyl (C=O) groups excluding carboxylic acids is 1. The molecule has 0 N–H and O–H groups in total. The zero-order chi connectivity index (χ0) is 22.3. The Balaban J connectivity index is 1.42. The Morgan fingerprint density at radius 3 is 2.55 bits per heavy atom. The second kappa shape index (κ2) is 9.22. The van der Waals surface area contributed by atoms with Crippen molar-refractivity contribution in [2.45, 2.75) is 112 Å². The van der Waals surface area contributed by atoms with E-state index in [0.717, 1.165) is 60.2 Å². The molecule has 3 saturated carbocycles. The fourth-order valence-corrected chi connectivity index (χ4v) is 8.60. The Morgan fingerprint density at radius 1 is 1.06 bits per heavy atom. The molecule has 0 spiro atoms. The Hall–Kier alpha value is -0.790. The molecule has 0 radical (unpaired) electrons. The number of carbonyl (C=O) groups is 1. The van der Waals surface area contributed by atoms with Crippen molar-refractivity contribution in [2.24, 2.45) is 52.8 Å². The normalized spacial score (nSPS) is 41.6. The Morgan fingerprint density at radius 2 is 1.84 bits per heavy atom. The van der Waals surface area contributed by atoms with E-state index in [0.29, 0.717) is 5.41 Å². The van der Waals surface area contributed by atoms with Crippen molar-refractivity contribution >= 4 is 5.97 Å². The minimum absolute atomic E-state index is 0.111. The number of ether oxygens (including phenoxy) is 1. The largest absolute Gasteiger partial charge is 0.462 e. The van der Waals surface area contributed by atoms with Gasteiger partial charge in [0.05, 0.1) is 0 Å². The minimum atomic E-state index is -0.111. The van der Waals surface area contributed by atoms with E-state index in [9.17, 15) is 4.79 Å². The zero-order valence-electron chi connectivity index (χ0n) is 21.2. The van der Waals surface area contributed by atoms with E-state index in [1.807, 2.05) is 0 Å². The molecule has 0 bridgehead atoms. The summed E-state index contributed by atoms with van der Waals surface area (Å²) in [5.74, 6) is 6.88. The first kappa shape index (κ1) is 23.4. The molecule has 176 valence electrons. The predicted octanol–water partition coefficient (Wildman–Crippen LogP) is 7.82. The lowest BCUT2D eigenvalue weighted by Crippen LogP contribution is -2.47. The van der Waals surface area contributed by atoms with Gasteiger partial charge in [0.1, 0.15) is 6.10 Å². The Bertz CT molecular complexity index is 678. The van der Waals surface area contributed by atoms with E-state index >= 15 is 0 Å². The molecule has 2 heteroatoms. The van der Waals surface area contributed by atoms with Crippen molar-refractivity contribution in [3.8, 4) is 0 Å².